The largest absolute Gasteiger partial charge is 0.330 e. The molecule has 1 saturated carbocycles. The van der Waals surface area contributed by atoms with Crippen molar-refractivity contribution < 1.29 is 9.63 Å². The van der Waals surface area contributed by atoms with E-state index in [1.165, 1.54) is 32.1 Å². The van der Waals surface area contributed by atoms with Crippen molar-refractivity contribution in [2.24, 2.45) is 5.73 Å². The molecule has 0 atom stereocenters. The van der Waals surface area contributed by atoms with Crippen molar-refractivity contribution in [3.63, 3.8) is 0 Å². The van der Waals surface area contributed by atoms with Crippen molar-refractivity contribution in [1.82, 2.24) is 5.48 Å². The summed E-state index contributed by atoms with van der Waals surface area (Å²) in [5.74, 6) is 0.0272. The minimum Gasteiger partial charge on any atom is -0.330 e. The van der Waals surface area contributed by atoms with Crippen LogP contribution in [-0.2, 0) is 9.63 Å². The summed E-state index contributed by atoms with van der Waals surface area (Å²) in [7, 11) is 0. The number of rotatable bonds is 9. The molecule has 0 bridgehead atoms. The molecule has 18 heavy (non-hydrogen) atoms. The van der Waals surface area contributed by atoms with Crippen molar-refractivity contribution >= 4 is 5.91 Å². The first-order chi connectivity index (χ1) is 8.83. The molecule has 4 nitrogen and oxygen atoms in total. The summed E-state index contributed by atoms with van der Waals surface area (Å²) in [6.07, 6.45) is 12.2. The van der Waals surface area contributed by atoms with Crippen LogP contribution in [-0.4, -0.2) is 18.6 Å². The van der Waals surface area contributed by atoms with Crippen molar-refractivity contribution in [3.8, 4) is 0 Å². The monoisotopic (exact) mass is 256 g/mol. The molecule has 0 radical (unpaired) electrons. The summed E-state index contributed by atoms with van der Waals surface area (Å²) in [6, 6.07) is 0. The van der Waals surface area contributed by atoms with Gasteiger partial charge in [0.25, 0.3) is 0 Å². The normalized spacial score (nSPS) is 16.7. The predicted octanol–water partition coefficient (Wildman–Crippen LogP) is 2.67. The van der Waals surface area contributed by atoms with Gasteiger partial charge in [-0.25, -0.2) is 5.48 Å². The summed E-state index contributed by atoms with van der Waals surface area (Å²) in [6.45, 7) is 0.774. The molecular formula is C14H28N2O2. The van der Waals surface area contributed by atoms with E-state index in [-0.39, 0.29) is 12.0 Å². The summed E-state index contributed by atoms with van der Waals surface area (Å²) in [4.78, 5) is 16.9. The smallest absolute Gasteiger partial charge is 0.243 e. The maximum atomic E-state index is 11.5. The van der Waals surface area contributed by atoms with Gasteiger partial charge in [0.05, 0.1) is 6.10 Å². The lowest BCUT2D eigenvalue weighted by Crippen LogP contribution is -2.30. The zero-order valence-corrected chi connectivity index (χ0v) is 11.5. The van der Waals surface area contributed by atoms with E-state index in [0.29, 0.717) is 6.42 Å². The van der Waals surface area contributed by atoms with E-state index in [2.05, 4.69) is 5.48 Å². The fraction of sp³-hybridized carbons (Fsp3) is 0.929. The Labute approximate surface area is 111 Å². The van der Waals surface area contributed by atoms with Gasteiger partial charge in [-0.15, -0.1) is 0 Å². The van der Waals surface area contributed by atoms with Gasteiger partial charge in [0.2, 0.25) is 5.91 Å². The van der Waals surface area contributed by atoms with E-state index < -0.39 is 0 Å². The number of carbonyl (C=O) groups excluding carboxylic acids is 1. The molecule has 1 fully saturated rings. The van der Waals surface area contributed by atoms with Gasteiger partial charge >= 0.3 is 0 Å². The first kappa shape index (κ1) is 15.4. The number of carbonyl (C=O) groups is 1. The number of hydrogen-bond donors (Lipinski definition) is 2. The van der Waals surface area contributed by atoms with Crippen LogP contribution in [0.25, 0.3) is 0 Å². The molecule has 0 spiro atoms. The first-order valence-corrected chi connectivity index (χ1v) is 7.47. The molecule has 0 aromatic heterocycles. The van der Waals surface area contributed by atoms with Crippen molar-refractivity contribution in [3.05, 3.63) is 0 Å². The van der Waals surface area contributed by atoms with Crippen LogP contribution in [0.15, 0.2) is 0 Å². The molecule has 0 aliphatic heterocycles. The van der Waals surface area contributed by atoms with Crippen LogP contribution in [0, 0.1) is 0 Å². The Morgan fingerprint density at radius 3 is 2.44 bits per heavy atom. The number of hydrogen-bond acceptors (Lipinski definition) is 3. The van der Waals surface area contributed by atoms with Gasteiger partial charge in [0.1, 0.15) is 0 Å². The summed E-state index contributed by atoms with van der Waals surface area (Å²) in [5, 5.41) is 0. The fourth-order valence-corrected chi connectivity index (χ4v) is 2.34. The lowest BCUT2D eigenvalue weighted by molar-refractivity contribution is -0.140. The lowest BCUT2D eigenvalue weighted by atomic mass is 9.98. The summed E-state index contributed by atoms with van der Waals surface area (Å²) >= 11 is 0. The topological polar surface area (TPSA) is 64.4 Å². The highest BCUT2D eigenvalue weighted by molar-refractivity contribution is 5.74. The Balaban J connectivity index is 1.90. The lowest BCUT2D eigenvalue weighted by Gasteiger charge is -2.21. The van der Waals surface area contributed by atoms with Gasteiger partial charge in [0, 0.05) is 6.42 Å². The quantitative estimate of drug-likeness (QED) is 0.492. The molecule has 0 heterocycles. The zero-order chi connectivity index (χ0) is 13.1. The second kappa shape index (κ2) is 10.3. The Morgan fingerprint density at radius 2 is 1.72 bits per heavy atom. The van der Waals surface area contributed by atoms with Crippen molar-refractivity contribution in [1.29, 1.82) is 0 Å². The first-order valence-electron chi connectivity index (χ1n) is 7.47. The Bertz CT molecular complexity index is 216. The number of nitrogens with one attached hydrogen (secondary N) is 1. The van der Waals surface area contributed by atoms with Crippen LogP contribution in [0.2, 0.25) is 0 Å². The highest BCUT2D eigenvalue weighted by Gasteiger charge is 2.14. The molecule has 106 valence electrons. The van der Waals surface area contributed by atoms with Gasteiger partial charge < -0.3 is 5.73 Å². The van der Waals surface area contributed by atoms with Gasteiger partial charge in [-0.1, -0.05) is 38.5 Å². The van der Waals surface area contributed by atoms with Gasteiger partial charge in [-0.05, 0) is 32.2 Å². The Kier molecular flexibility index (Phi) is 8.86. The number of unbranched alkanes of at least 4 members (excludes halogenated alkanes) is 4. The van der Waals surface area contributed by atoms with Gasteiger partial charge in [0.15, 0.2) is 0 Å². The van der Waals surface area contributed by atoms with Crippen LogP contribution in [0.1, 0.15) is 70.6 Å². The van der Waals surface area contributed by atoms with Crippen LogP contribution in [0.3, 0.4) is 0 Å². The maximum Gasteiger partial charge on any atom is 0.243 e. The third kappa shape index (κ3) is 7.67. The Morgan fingerprint density at radius 1 is 1.06 bits per heavy atom. The molecule has 1 aliphatic carbocycles. The van der Waals surface area contributed by atoms with Crippen LogP contribution < -0.4 is 11.2 Å². The van der Waals surface area contributed by atoms with Crippen molar-refractivity contribution in [2.75, 3.05) is 6.54 Å². The maximum absolute atomic E-state index is 11.5. The minimum absolute atomic E-state index is 0.0272. The highest BCUT2D eigenvalue weighted by Crippen LogP contribution is 2.19. The molecule has 0 saturated heterocycles. The van der Waals surface area contributed by atoms with E-state index in [9.17, 15) is 4.79 Å². The number of amides is 1. The molecule has 1 rings (SSSR count). The third-order valence-corrected chi connectivity index (χ3v) is 3.50. The SMILES string of the molecule is NCCCCCCCC(=O)NOC1CCCCC1. The van der Waals surface area contributed by atoms with Crippen LogP contribution in [0.5, 0.6) is 0 Å². The average Bonchev–Trinajstić information content (AvgIpc) is 2.41. The van der Waals surface area contributed by atoms with Crippen LogP contribution in [0.4, 0.5) is 0 Å². The van der Waals surface area contributed by atoms with E-state index >= 15 is 0 Å². The van der Waals surface area contributed by atoms with E-state index in [1.54, 1.807) is 0 Å². The minimum atomic E-state index is 0.0272. The summed E-state index contributed by atoms with van der Waals surface area (Å²) < 4.78 is 0. The molecular weight excluding hydrogens is 228 g/mol. The second-order valence-electron chi connectivity index (χ2n) is 5.21. The molecule has 1 amide bonds. The fourth-order valence-electron chi connectivity index (χ4n) is 2.34. The summed E-state index contributed by atoms with van der Waals surface area (Å²) in [5.41, 5.74) is 8.02. The molecule has 0 aromatic rings. The number of hydroxylamine groups is 1. The molecule has 3 N–H and O–H groups in total. The molecule has 0 unspecified atom stereocenters. The van der Waals surface area contributed by atoms with Crippen LogP contribution >= 0.6 is 0 Å². The van der Waals surface area contributed by atoms with E-state index in [4.69, 9.17) is 10.6 Å². The van der Waals surface area contributed by atoms with E-state index in [0.717, 1.165) is 38.6 Å². The predicted molar refractivity (Wildman–Crippen MR) is 72.9 cm³/mol. The van der Waals surface area contributed by atoms with Crippen molar-refractivity contribution in [2.45, 2.75) is 76.7 Å². The standard InChI is InChI=1S/C14H28N2O2/c15-12-8-3-1-2-7-11-14(17)16-18-13-9-5-4-6-10-13/h13H,1-12,15H2,(H,16,17). The molecule has 4 heteroatoms. The molecule has 1 aliphatic rings. The highest BCUT2D eigenvalue weighted by atomic mass is 16.7. The van der Waals surface area contributed by atoms with Gasteiger partial charge in [-0.2, -0.15) is 0 Å². The van der Waals surface area contributed by atoms with E-state index in [1.807, 2.05) is 0 Å². The third-order valence-electron chi connectivity index (χ3n) is 3.50. The zero-order valence-electron chi connectivity index (χ0n) is 11.5. The Hall–Kier alpha value is -0.610. The number of nitrogens with two attached hydrogens (primary N) is 1. The molecule has 0 aromatic carbocycles. The average molecular weight is 256 g/mol. The second-order valence-corrected chi connectivity index (χ2v) is 5.21. The van der Waals surface area contributed by atoms with Gasteiger partial charge in [-0.3, -0.25) is 9.63 Å².